The smallest absolute Gasteiger partial charge is 0.265 e. The molecular formula is C25H33N3O3. The third-order valence-electron chi connectivity index (χ3n) is 5.80. The fourth-order valence-electron chi connectivity index (χ4n) is 3.71. The molecule has 1 atom stereocenters. The molecule has 2 aromatic rings. The van der Waals surface area contributed by atoms with Crippen molar-refractivity contribution in [1.82, 2.24) is 0 Å². The first-order valence-electron chi connectivity index (χ1n) is 10.9. The van der Waals surface area contributed by atoms with E-state index in [1.165, 1.54) is 5.56 Å². The van der Waals surface area contributed by atoms with E-state index in [2.05, 4.69) is 31.0 Å². The monoisotopic (exact) mass is 423 g/mol. The molecule has 0 aromatic heterocycles. The van der Waals surface area contributed by atoms with Gasteiger partial charge in [-0.2, -0.15) is 0 Å². The molecule has 0 bridgehead atoms. The Bertz CT molecular complexity index is 893. The van der Waals surface area contributed by atoms with Crippen molar-refractivity contribution in [2.45, 2.75) is 52.1 Å². The number of nitrogens with one attached hydrogen (secondary N) is 1. The number of benzene rings is 2. The summed E-state index contributed by atoms with van der Waals surface area (Å²) in [5.41, 5.74) is 8.49. The molecule has 3 rings (SSSR count). The van der Waals surface area contributed by atoms with E-state index < -0.39 is 6.10 Å². The van der Waals surface area contributed by atoms with Gasteiger partial charge in [0, 0.05) is 30.4 Å². The van der Waals surface area contributed by atoms with Crippen LogP contribution in [-0.2, 0) is 15.0 Å². The SMILES string of the molecule is CC(Oc1ccc(C(C)(C)C)cc1)C(=O)Nc1ccc(N2CCC(C(N)=O)CC2)cc1. The number of rotatable bonds is 6. The number of primary amides is 1. The number of hydrogen-bond donors (Lipinski definition) is 2. The fourth-order valence-corrected chi connectivity index (χ4v) is 3.71. The zero-order valence-corrected chi connectivity index (χ0v) is 18.9. The Hall–Kier alpha value is -3.02. The molecule has 0 aliphatic carbocycles. The Balaban J connectivity index is 1.52. The van der Waals surface area contributed by atoms with Crippen molar-refractivity contribution in [3.05, 3.63) is 54.1 Å². The van der Waals surface area contributed by atoms with Gasteiger partial charge in [-0.05, 0) is 67.1 Å². The molecule has 2 amide bonds. The van der Waals surface area contributed by atoms with Crippen LogP contribution in [0.1, 0.15) is 46.1 Å². The lowest BCUT2D eigenvalue weighted by Gasteiger charge is -2.32. The number of ether oxygens (including phenoxy) is 1. The minimum Gasteiger partial charge on any atom is -0.481 e. The number of carbonyl (C=O) groups excluding carboxylic acids is 2. The Kier molecular flexibility index (Phi) is 6.88. The molecule has 6 nitrogen and oxygen atoms in total. The van der Waals surface area contributed by atoms with Crippen LogP contribution in [0.4, 0.5) is 11.4 Å². The lowest BCUT2D eigenvalue weighted by atomic mass is 9.87. The molecular weight excluding hydrogens is 390 g/mol. The van der Waals surface area contributed by atoms with Crippen molar-refractivity contribution in [2.24, 2.45) is 11.7 Å². The molecule has 2 aromatic carbocycles. The predicted octanol–water partition coefficient (Wildman–Crippen LogP) is 4.09. The normalized spacial score (nSPS) is 15.9. The van der Waals surface area contributed by atoms with Gasteiger partial charge < -0.3 is 20.7 Å². The molecule has 31 heavy (non-hydrogen) atoms. The van der Waals surface area contributed by atoms with Crippen LogP contribution in [0, 0.1) is 5.92 Å². The maximum absolute atomic E-state index is 12.5. The van der Waals surface area contributed by atoms with E-state index in [9.17, 15) is 9.59 Å². The van der Waals surface area contributed by atoms with Crippen LogP contribution >= 0.6 is 0 Å². The van der Waals surface area contributed by atoms with E-state index in [1.54, 1.807) is 6.92 Å². The molecule has 3 N–H and O–H groups in total. The first kappa shape index (κ1) is 22.7. The van der Waals surface area contributed by atoms with Crippen LogP contribution < -0.4 is 20.7 Å². The summed E-state index contributed by atoms with van der Waals surface area (Å²) in [5, 5.41) is 2.91. The highest BCUT2D eigenvalue weighted by Gasteiger charge is 2.23. The summed E-state index contributed by atoms with van der Waals surface area (Å²) in [5.74, 6) is 0.237. The molecule has 1 heterocycles. The van der Waals surface area contributed by atoms with Crippen LogP contribution in [0.25, 0.3) is 0 Å². The van der Waals surface area contributed by atoms with Crippen LogP contribution in [-0.4, -0.2) is 31.0 Å². The van der Waals surface area contributed by atoms with Crippen molar-refractivity contribution in [3.63, 3.8) is 0 Å². The van der Waals surface area contributed by atoms with Gasteiger partial charge in [-0.3, -0.25) is 9.59 Å². The number of nitrogens with zero attached hydrogens (tertiary/aromatic N) is 1. The molecule has 1 aliphatic rings. The zero-order chi connectivity index (χ0) is 22.6. The topological polar surface area (TPSA) is 84.7 Å². The summed E-state index contributed by atoms with van der Waals surface area (Å²) in [6.45, 7) is 9.83. The van der Waals surface area contributed by atoms with Crippen LogP contribution in [0.2, 0.25) is 0 Å². The minimum atomic E-state index is -0.618. The highest BCUT2D eigenvalue weighted by molar-refractivity contribution is 5.94. The Morgan fingerprint density at radius 3 is 2.13 bits per heavy atom. The Labute approximate surface area is 184 Å². The molecule has 1 aliphatic heterocycles. The van der Waals surface area contributed by atoms with E-state index in [-0.39, 0.29) is 23.1 Å². The van der Waals surface area contributed by atoms with Crippen molar-refractivity contribution in [3.8, 4) is 5.75 Å². The van der Waals surface area contributed by atoms with Gasteiger partial charge in [-0.15, -0.1) is 0 Å². The molecule has 0 spiro atoms. The molecule has 1 saturated heterocycles. The third kappa shape index (κ3) is 6.00. The summed E-state index contributed by atoms with van der Waals surface area (Å²) in [6, 6.07) is 15.6. The molecule has 1 unspecified atom stereocenters. The second-order valence-electron chi connectivity index (χ2n) is 9.23. The van der Waals surface area contributed by atoms with Gasteiger partial charge in [0.15, 0.2) is 6.10 Å². The van der Waals surface area contributed by atoms with Crippen molar-refractivity contribution < 1.29 is 14.3 Å². The second kappa shape index (κ2) is 9.41. The van der Waals surface area contributed by atoms with Gasteiger partial charge in [0.25, 0.3) is 5.91 Å². The van der Waals surface area contributed by atoms with E-state index in [0.29, 0.717) is 5.75 Å². The molecule has 0 saturated carbocycles. The number of carbonyl (C=O) groups is 2. The van der Waals surface area contributed by atoms with Crippen molar-refractivity contribution >= 4 is 23.2 Å². The lowest BCUT2D eigenvalue weighted by molar-refractivity contribution is -0.122. The maximum atomic E-state index is 12.5. The maximum Gasteiger partial charge on any atom is 0.265 e. The van der Waals surface area contributed by atoms with E-state index in [1.807, 2.05) is 48.5 Å². The standard InChI is InChI=1S/C25H33N3O3/c1-17(31-22-11-5-19(6-12-22)25(2,3)4)24(30)27-20-7-9-21(10-8-20)28-15-13-18(14-16-28)23(26)29/h5-12,17-18H,13-16H2,1-4H3,(H2,26,29)(H,27,30). The molecule has 6 heteroatoms. The van der Waals surface area contributed by atoms with Gasteiger partial charge >= 0.3 is 0 Å². The third-order valence-corrected chi connectivity index (χ3v) is 5.80. The summed E-state index contributed by atoms with van der Waals surface area (Å²) in [6.07, 6.45) is 0.937. The van der Waals surface area contributed by atoms with Gasteiger partial charge in [-0.1, -0.05) is 32.9 Å². The lowest BCUT2D eigenvalue weighted by Crippen LogP contribution is -2.38. The second-order valence-corrected chi connectivity index (χ2v) is 9.23. The van der Waals surface area contributed by atoms with Gasteiger partial charge in [0.05, 0.1) is 0 Å². The number of anilines is 2. The average molecular weight is 424 g/mol. The first-order valence-corrected chi connectivity index (χ1v) is 10.9. The minimum absolute atomic E-state index is 0.0269. The summed E-state index contributed by atoms with van der Waals surface area (Å²) in [4.78, 5) is 26.1. The highest BCUT2D eigenvalue weighted by Crippen LogP contribution is 2.26. The van der Waals surface area contributed by atoms with E-state index >= 15 is 0 Å². The zero-order valence-electron chi connectivity index (χ0n) is 18.9. The quantitative estimate of drug-likeness (QED) is 0.733. The largest absolute Gasteiger partial charge is 0.481 e. The van der Waals surface area contributed by atoms with Crippen molar-refractivity contribution in [1.29, 1.82) is 0 Å². The molecule has 0 radical (unpaired) electrons. The number of piperidine rings is 1. The first-order chi connectivity index (χ1) is 14.6. The fraction of sp³-hybridized carbons (Fsp3) is 0.440. The summed E-state index contributed by atoms with van der Waals surface area (Å²) in [7, 11) is 0. The van der Waals surface area contributed by atoms with Crippen molar-refractivity contribution in [2.75, 3.05) is 23.3 Å². The number of hydrogen-bond acceptors (Lipinski definition) is 4. The van der Waals surface area contributed by atoms with Crippen LogP contribution in [0.15, 0.2) is 48.5 Å². The molecule has 1 fully saturated rings. The number of nitrogens with two attached hydrogens (primary N) is 1. The van der Waals surface area contributed by atoms with Crippen LogP contribution in [0.3, 0.4) is 0 Å². The summed E-state index contributed by atoms with van der Waals surface area (Å²) >= 11 is 0. The van der Waals surface area contributed by atoms with Gasteiger partial charge in [0.2, 0.25) is 5.91 Å². The Morgan fingerprint density at radius 2 is 1.61 bits per heavy atom. The number of amides is 2. The van der Waals surface area contributed by atoms with E-state index in [0.717, 1.165) is 37.3 Å². The van der Waals surface area contributed by atoms with Gasteiger partial charge in [0.1, 0.15) is 5.75 Å². The highest BCUT2D eigenvalue weighted by atomic mass is 16.5. The average Bonchev–Trinajstić information content (AvgIpc) is 2.74. The van der Waals surface area contributed by atoms with Gasteiger partial charge in [-0.25, -0.2) is 0 Å². The molecule has 166 valence electrons. The van der Waals surface area contributed by atoms with Crippen LogP contribution in [0.5, 0.6) is 5.75 Å². The van der Waals surface area contributed by atoms with E-state index in [4.69, 9.17) is 10.5 Å². The Morgan fingerprint density at radius 1 is 1.03 bits per heavy atom. The summed E-state index contributed by atoms with van der Waals surface area (Å²) < 4.78 is 5.81. The predicted molar refractivity (Wildman–Crippen MR) is 124 cm³/mol.